The van der Waals surface area contributed by atoms with Gasteiger partial charge in [0.25, 0.3) is 0 Å². The van der Waals surface area contributed by atoms with Crippen molar-refractivity contribution >= 4 is 32.2 Å². The molecule has 1 atom stereocenters. The topological polar surface area (TPSA) is 53.5 Å². The van der Waals surface area contributed by atoms with Crippen molar-refractivity contribution in [3.05, 3.63) is 29.1 Å². The van der Waals surface area contributed by atoms with Crippen molar-refractivity contribution in [2.45, 2.75) is 33.1 Å². The van der Waals surface area contributed by atoms with E-state index in [0.717, 1.165) is 53.1 Å². The molecular formula is C19H25N3O2S2. The lowest BCUT2D eigenvalue weighted by molar-refractivity contribution is 0.446. The third-order valence-electron chi connectivity index (χ3n) is 5.35. The van der Waals surface area contributed by atoms with E-state index in [2.05, 4.69) is 23.3 Å². The molecule has 1 aromatic heterocycles. The zero-order valence-corrected chi connectivity index (χ0v) is 16.9. The Bertz CT molecular complexity index is 907. The first-order valence-electron chi connectivity index (χ1n) is 9.32. The van der Waals surface area contributed by atoms with Crippen LogP contribution in [-0.4, -0.2) is 38.8 Å². The van der Waals surface area contributed by atoms with Gasteiger partial charge in [-0.05, 0) is 49.8 Å². The van der Waals surface area contributed by atoms with E-state index in [1.54, 1.807) is 22.6 Å². The predicted molar refractivity (Wildman–Crippen MR) is 109 cm³/mol. The summed E-state index contributed by atoms with van der Waals surface area (Å²) in [5, 5.41) is 3.22. The Morgan fingerprint density at radius 2 is 2.15 bits per heavy atom. The fourth-order valence-electron chi connectivity index (χ4n) is 3.88. The molecule has 2 aliphatic rings. The van der Waals surface area contributed by atoms with Gasteiger partial charge in [-0.3, -0.25) is 4.31 Å². The van der Waals surface area contributed by atoms with Crippen LogP contribution in [0.2, 0.25) is 0 Å². The summed E-state index contributed by atoms with van der Waals surface area (Å²) in [6.07, 6.45) is 3.30. The van der Waals surface area contributed by atoms with Gasteiger partial charge in [0, 0.05) is 30.6 Å². The third-order valence-corrected chi connectivity index (χ3v) is 8.03. The van der Waals surface area contributed by atoms with Crippen LogP contribution in [0.4, 0.5) is 10.8 Å². The molecule has 0 N–H and O–H groups in total. The number of rotatable bonds is 4. The van der Waals surface area contributed by atoms with E-state index < -0.39 is 10.0 Å². The second kappa shape index (κ2) is 6.85. The maximum absolute atomic E-state index is 12.2. The summed E-state index contributed by atoms with van der Waals surface area (Å²) in [6.45, 7) is 6.71. The lowest BCUT2D eigenvalue weighted by Gasteiger charge is -2.30. The molecule has 2 aromatic rings. The van der Waals surface area contributed by atoms with Gasteiger partial charge in [0.15, 0.2) is 5.13 Å². The van der Waals surface area contributed by atoms with Gasteiger partial charge in [-0.15, -0.1) is 11.3 Å². The maximum Gasteiger partial charge on any atom is 0.234 e. The van der Waals surface area contributed by atoms with Crippen LogP contribution in [0, 0.1) is 5.92 Å². The second-order valence-corrected chi connectivity index (χ2v) is 10.3. The molecule has 0 aliphatic carbocycles. The molecule has 7 heteroatoms. The lowest BCUT2D eigenvalue weighted by Crippen LogP contribution is -2.34. The largest absolute Gasteiger partial charge is 0.348 e. The highest BCUT2D eigenvalue weighted by Crippen LogP contribution is 2.36. The molecular weight excluding hydrogens is 366 g/mol. The minimum atomic E-state index is -3.19. The molecule has 0 saturated carbocycles. The lowest BCUT2D eigenvalue weighted by atomic mass is 10.0. The molecule has 4 rings (SSSR count). The molecule has 1 aromatic carbocycles. The molecule has 0 spiro atoms. The first-order chi connectivity index (χ1) is 12.5. The maximum atomic E-state index is 12.2. The van der Waals surface area contributed by atoms with Gasteiger partial charge < -0.3 is 4.90 Å². The van der Waals surface area contributed by atoms with Gasteiger partial charge in [0.05, 0.1) is 17.1 Å². The summed E-state index contributed by atoms with van der Waals surface area (Å²) in [5.41, 5.74) is 3.99. The van der Waals surface area contributed by atoms with Crippen molar-refractivity contribution in [1.29, 1.82) is 0 Å². The zero-order valence-electron chi connectivity index (χ0n) is 15.3. The summed E-state index contributed by atoms with van der Waals surface area (Å²) in [5.74, 6) is 0.861. The standard InChI is InChI=1S/C19H25N3O2S2/c1-3-26(23,24)22-10-8-16-11-15(6-7-18(16)22)17-13-25-19(20-17)21-9-4-5-14(2)12-21/h6-7,11,13-14H,3-5,8-10,12H2,1-2H3/t14-/m0/s1. The normalized spacial score (nSPS) is 20.5. The molecule has 0 radical (unpaired) electrons. The fraction of sp³-hybridized carbons (Fsp3) is 0.526. The van der Waals surface area contributed by atoms with Crippen LogP contribution in [0.5, 0.6) is 0 Å². The number of nitrogens with zero attached hydrogens (tertiary/aromatic N) is 3. The quantitative estimate of drug-likeness (QED) is 0.796. The number of aromatic nitrogens is 1. The first kappa shape index (κ1) is 17.8. The van der Waals surface area contributed by atoms with Gasteiger partial charge in [0.1, 0.15) is 0 Å². The number of sulfonamides is 1. The molecule has 2 aliphatic heterocycles. The Balaban J connectivity index is 1.59. The number of piperidine rings is 1. The number of benzene rings is 1. The van der Waals surface area contributed by atoms with E-state index in [1.165, 1.54) is 12.8 Å². The van der Waals surface area contributed by atoms with Gasteiger partial charge in [0.2, 0.25) is 10.0 Å². The van der Waals surface area contributed by atoms with E-state index in [0.29, 0.717) is 6.54 Å². The van der Waals surface area contributed by atoms with Crippen molar-refractivity contribution in [3.63, 3.8) is 0 Å². The van der Waals surface area contributed by atoms with E-state index in [1.807, 2.05) is 12.1 Å². The monoisotopic (exact) mass is 391 g/mol. The third kappa shape index (κ3) is 3.22. The Hall–Kier alpha value is -1.60. The van der Waals surface area contributed by atoms with Crippen LogP contribution in [0.1, 0.15) is 32.3 Å². The number of hydrogen-bond acceptors (Lipinski definition) is 5. The van der Waals surface area contributed by atoms with Crippen molar-refractivity contribution < 1.29 is 8.42 Å². The van der Waals surface area contributed by atoms with Gasteiger partial charge in [-0.2, -0.15) is 0 Å². The summed E-state index contributed by atoms with van der Waals surface area (Å²) >= 11 is 1.70. The molecule has 0 bridgehead atoms. The van der Waals surface area contributed by atoms with Gasteiger partial charge >= 0.3 is 0 Å². The first-order valence-corrected chi connectivity index (χ1v) is 11.8. The Morgan fingerprint density at radius 3 is 2.92 bits per heavy atom. The molecule has 5 nitrogen and oxygen atoms in total. The molecule has 1 fully saturated rings. The zero-order chi connectivity index (χ0) is 18.3. The number of thiazole rings is 1. The smallest absolute Gasteiger partial charge is 0.234 e. The fourth-order valence-corrected chi connectivity index (χ4v) is 5.91. The molecule has 0 amide bonds. The molecule has 26 heavy (non-hydrogen) atoms. The van der Waals surface area contributed by atoms with E-state index >= 15 is 0 Å². The summed E-state index contributed by atoms with van der Waals surface area (Å²) < 4.78 is 26.0. The average Bonchev–Trinajstić information content (AvgIpc) is 3.28. The highest BCUT2D eigenvalue weighted by molar-refractivity contribution is 7.92. The number of fused-ring (bicyclic) bond motifs is 1. The Labute approximate surface area is 159 Å². The van der Waals surface area contributed by atoms with Crippen LogP contribution in [0.15, 0.2) is 23.6 Å². The van der Waals surface area contributed by atoms with Crippen LogP contribution in [0.3, 0.4) is 0 Å². The van der Waals surface area contributed by atoms with Gasteiger partial charge in [-0.25, -0.2) is 13.4 Å². The minimum Gasteiger partial charge on any atom is -0.348 e. The summed E-state index contributed by atoms with van der Waals surface area (Å²) in [6, 6.07) is 6.05. The summed E-state index contributed by atoms with van der Waals surface area (Å²) in [7, 11) is -3.19. The van der Waals surface area contributed by atoms with Crippen molar-refractivity contribution in [3.8, 4) is 11.3 Å². The van der Waals surface area contributed by atoms with Crippen LogP contribution >= 0.6 is 11.3 Å². The SMILES string of the molecule is CCS(=O)(=O)N1CCc2cc(-c3csc(N4CCC[C@H](C)C4)n3)ccc21. The predicted octanol–water partition coefficient (Wildman–Crippen LogP) is 3.76. The Morgan fingerprint density at radius 1 is 1.31 bits per heavy atom. The molecule has 1 saturated heterocycles. The molecule has 140 valence electrons. The average molecular weight is 392 g/mol. The second-order valence-electron chi connectivity index (χ2n) is 7.27. The highest BCUT2D eigenvalue weighted by atomic mass is 32.2. The van der Waals surface area contributed by atoms with Crippen molar-refractivity contribution in [2.24, 2.45) is 5.92 Å². The molecule has 0 unspecified atom stereocenters. The van der Waals surface area contributed by atoms with Crippen LogP contribution < -0.4 is 9.21 Å². The van der Waals surface area contributed by atoms with Crippen LogP contribution in [-0.2, 0) is 16.4 Å². The van der Waals surface area contributed by atoms with Crippen molar-refractivity contribution in [1.82, 2.24) is 4.98 Å². The van der Waals surface area contributed by atoms with Crippen LogP contribution in [0.25, 0.3) is 11.3 Å². The highest BCUT2D eigenvalue weighted by Gasteiger charge is 2.28. The minimum absolute atomic E-state index is 0.137. The molecule has 3 heterocycles. The van der Waals surface area contributed by atoms with E-state index in [9.17, 15) is 8.42 Å². The van der Waals surface area contributed by atoms with E-state index in [4.69, 9.17) is 4.98 Å². The van der Waals surface area contributed by atoms with Crippen molar-refractivity contribution in [2.75, 3.05) is 34.6 Å². The summed E-state index contributed by atoms with van der Waals surface area (Å²) in [4.78, 5) is 7.25. The number of hydrogen-bond donors (Lipinski definition) is 0. The van der Waals surface area contributed by atoms with E-state index in [-0.39, 0.29) is 5.75 Å². The Kier molecular flexibility index (Phi) is 4.69. The van der Waals surface area contributed by atoms with Gasteiger partial charge in [-0.1, -0.05) is 13.0 Å². The number of anilines is 2.